The first-order valence-electron chi connectivity index (χ1n) is 6.72. The fraction of sp³-hybridized carbons (Fsp3) is 0.562. The van der Waals surface area contributed by atoms with E-state index in [9.17, 15) is 4.79 Å². The molecule has 1 aliphatic heterocycles. The molecule has 0 aliphatic carbocycles. The normalized spacial score (nSPS) is 31.6. The number of carbonyl (C=O) groups is 1. The fourth-order valence-electron chi connectivity index (χ4n) is 2.96. The van der Waals surface area contributed by atoms with E-state index >= 15 is 0 Å². The van der Waals surface area contributed by atoms with Crippen LogP contribution in [0.5, 0.6) is 0 Å². The van der Waals surface area contributed by atoms with E-state index in [1.54, 1.807) is 0 Å². The first-order valence-corrected chi connectivity index (χ1v) is 6.72. The van der Waals surface area contributed by atoms with Crippen LogP contribution in [0, 0.1) is 18.8 Å². The Morgan fingerprint density at radius 1 is 1.22 bits per heavy atom. The Morgan fingerprint density at radius 3 is 2.50 bits per heavy atom. The van der Waals surface area contributed by atoms with Crippen LogP contribution in [-0.4, -0.2) is 18.0 Å². The van der Waals surface area contributed by atoms with Crippen molar-refractivity contribution in [1.82, 2.24) is 0 Å². The Kier molecular flexibility index (Phi) is 3.86. The lowest BCUT2D eigenvalue weighted by Crippen LogP contribution is -2.28. The van der Waals surface area contributed by atoms with E-state index in [2.05, 4.69) is 32.9 Å². The van der Waals surface area contributed by atoms with E-state index in [0.29, 0.717) is 18.1 Å². The van der Waals surface area contributed by atoms with Gasteiger partial charge in [-0.15, -0.1) is 0 Å². The average Bonchev–Trinajstić information content (AvgIpc) is 2.53. The number of hydrogen-bond donors (Lipinski definition) is 0. The van der Waals surface area contributed by atoms with Crippen molar-refractivity contribution in [3.63, 3.8) is 0 Å². The Bertz CT molecular complexity index is 438. The molecule has 1 aromatic carbocycles. The second kappa shape index (κ2) is 5.23. The monoisotopic (exact) mass is 246 g/mol. The summed E-state index contributed by atoms with van der Waals surface area (Å²) < 4.78 is 5.75. The van der Waals surface area contributed by atoms with Crippen LogP contribution in [-0.2, 0) is 16.0 Å². The van der Waals surface area contributed by atoms with Crippen LogP contribution >= 0.6 is 0 Å². The quantitative estimate of drug-likeness (QED) is 0.819. The molecule has 2 nitrogen and oxygen atoms in total. The number of Topliss-reactive ketones (excluding diaryl/α,β-unsaturated/α-hetero) is 1. The van der Waals surface area contributed by atoms with Crippen LogP contribution in [0.1, 0.15) is 31.9 Å². The molecule has 1 saturated heterocycles. The van der Waals surface area contributed by atoms with Gasteiger partial charge in [-0.3, -0.25) is 4.79 Å². The molecule has 1 fully saturated rings. The van der Waals surface area contributed by atoms with Crippen LogP contribution < -0.4 is 0 Å². The minimum atomic E-state index is 0.0421. The summed E-state index contributed by atoms with van der Waals surface area (Å²) in [6, 6.07) is 8.19. The first kappa shape index (κ1) is 13.3. The average molecular weight is 246 g/mol. The SMILES string of the molecule is Cc1cccc(CC(=O)C2C(C)OC(C)C2C)c1. The molecule has 2 heteroatoms. The van der Waals surface area contributed by atoms with Crippen molar-refractivity contribution in [2.45, 2.75) is 46.3 Å². The first-order chi connectivity index (χ1) is 8.49. The number of ketones is 1. The predicted molar refractivity (Wildman–Crippen MR) is 72.6 cm³/mol. The number of carbonyl (C=O) groups excluding carboxylic acids is 1. The van der Waals surface area contributed by atoms with Gasteiger partial charge in [0.05, 0.1) is 12.2 Å². The maximum absolute atomic E-state index is 12.4. The summed E-state index contributed by atoms with van der Waals surface area (Å²) >= 11 is 0. The smallest absolute Gasteiger partial charge is 0.143 e. The zero-order valence-electron chi connectivity index (χ0n) is 11.6. The van der Waals surface area contributed by atoms with Gasteiger partial charge >= 0.3 is 0 Å². The molecular formula is C16H22O2. The Hall–Kier alpha value is -1.15. The lowest BCUT2D eigenvalue weighted by atomic mass is 9.84. The summed E-state index contributed by atoms with van der Waals surface area (Å²) in [6.45, 7) is 8.24. The van der Waals surface area contributed by atoms with Gasteiger partial charge in [0.2, 0.25) is 0 Å². The van der Waals surface area contributed by atoms with Gasteiger partial charge in [-0.25, -0.2) is 0 Å². The topological polar surface area (TPSA) is 26.3 Å². The standard InChI is InChI=1S/C16H22O2/c1-10-6-5-7-14(8-10)9-15(17)16-11(2)12(3)18-13(16)4/h5-8,11-13,16H,9H2,1-4H3. The number of hydrogen-bond acceptors (Lipinski definition) is 2. The lowest BCUT2D eigenvalue weighted by molar-refractivity contribution is -0.124. The van der Waals surface area contributed by atoms with Crippen molar-refractivity contribution in [3.8, 4) is 0 Å². The fourth-order valence-corrected chi connectivity index (χ4v) is 2.96. The van der Waals surface area contributed by atoms with Gasteiger partial charge in [0.15, 0.2) is 0 Å². The molecule has 4 unspecified atom stereocenters. The van der Waals surface area contributed by atoms with Gasteiger partial charge in [0.1, 0.15) is 5.78 Å². The van der Waals surface area contributed by atoms with Gasteiger partial charge < -0.3 is 4.74 Å². The molecule has 0 aromatic heterocycles. The molecule has 1 aromatic rings. The largest absolute Gasteiger partial charge is 0.375 e. The molecule has 1 heterocycles. The summed E-state index contributed by atoms with van der Waals surface area (Å²) in [4.78, 5) is 12.4. The van der Waals surface area contributed by atoms with E-state index in [4.69, 9.17) is 4.74 Å². The molecule has 0 saturated carbocycles. The van der Waals surface area contributed by atoms with Crippen molar-refractivity contribution in [3.05, 3.63) is 35.4 Å². The summed E-state index contributed by atoms with van der Waals surface area (Å²) in [5.41, 5.74) is 2.32. The van der Waals surface area contributed by atoms with E-state index in [1.165, 1.54) is 5.56 Å². The molecule has 0 spiro atoms. The highest BCUT2D eigenvalue weighted by Gasteiger charge is 2.40. The summed E-state index contributed by atoms with van der Waals surface area (Å²) in [7, 11) is 0. The highest BCUT2D eigenvalue weighted by atomic mass is 16.5. The number of ether oxygens (including phenoxy) is 1. The molecule has 1 aliphatic rings. The second-order valence-electron chi connectivity index (χ2n) is 5.56. The highest BCUT2D eigenvalue weighted by Crippen LogP contribution is 2.33. The zero-order valence-corrected chi connectivity index (χ0v) is 11.6. The van der Waals surface area contributed by atoms with Crippen molar-refractivity contribution in [2.75, 3.05) is 0 Å². The van der Waals surface area contributed by atoms with Crippen LogP contribution in [0.3, 0.4) is 0 Å². The minimum absolute atomic E-state index is 0.0421. The third-order valence-electron chi connectivity index (χ3n) is 4.07. The molecule has 0 amide bonds. The van der Waals surface area contributed by atoms with E-state index in [-0.39, 0.29) is 18.1 Å². The van der Waals surface area contributed by atoms with Crippen molar-refractivity contribution < 1.29 is 9.53 Å². The maximum Gasteiger partial charge on any atom is 0.143 e. The number of benzene rings is 1. The van der Waals surface area contributed by atoms with Crippen LogP contribution in [0.4, 0.5) is 0 Å². The van der Waals surface area contributed by atoms with E-state index in [1.807, 2.05) is 19.1 Å². The number of rotatable bonds is 3. The van der Waals surface area contributed by atoms with Crippen LogP contribution in [0.25, 0.3) is 0 Å². The molecular weight excluding hydrogens is 224 g/mol. The molecule has 98 valence electrons. The molecule has 0 radical (unpaired) electrons. The van der Waals surface area contributed by atoms with E-state index < -0.39 is 0 Å². The molecule has 0 N–H and O–H groups in total. The van der Waals surface area contributed by atoms with Crippen molar-refractivity contribution >= 4 is 5.78 Å². The van der Waals surface area contributed by atoms with Gasteiger partial charge in [-0.05, 0) is 32.3 Å². The van der Waals surface area contributed by atoms with Gasteiger partial charge in [-0.2, -0.15) is 0 Å². The van der Waals surface area contributed by atoms with Crippen LogP contribution in [0.2, 0.25) is 0 Å². The Labute approximate surface area is 109 Å². The Morgan fingerprint density at radius 2 is 1.94 bits per heavy atom. The third-order valence-corrected chi connectivity index (χ3v) is 4.07. The summed E-state index contributed by atoms with van der Waals surface area (Å²) in [5.74, 6) is 0.669. The lowest BCUT2D eigenvalue weighted by Gasteiger charge is -2.17. The van der Waals surface area contributed by atoms with E-state index in [0.717, 1.165) is 5.56 Å². The molecule has 2 rings (SSSR count). The van der Waals surface area contributed by atoms with Gasteiger partial charge in [0.25, 0.3) is 0 Å². The second-order valence-corrected chi connectivity index (χ2v) is 5.56. The van der Waals surface area contributed by atoms with Crippen molar-refractivity contribution in [1.29, 1.82) is 0 Å². The maximum atomic E-state index is 12.4. The van der Waals surface area contributed by atoms with Crippen molar-refractivity contribution in [2.24, 2.45) is 11.8 Å². The molecule has 4 atom stereocenters. The van der Waals surface area contributed by atoms with Crippen LogP contribution in [0.15, 0.2) is 24.3 Å². The molecule has 18 heavy (non-hydrogen) atoms. The molecule has 0 bridgehead atoms. The zero-order chi connectivity index (χ0) is 13.3. The summed E-state index contributed by atoms with van der Waals surface area (Å²) in [6.07, 6.45) is 0.760. The highest BCUT2D eigenvalue weighted by molar-refractivity contribution is 5.84. The van der Waals surface area contributed by atoms with Gasteiger partial charge in [-0.1, -0.05) is 36.8 Å². The predicted octanol–water partition coefficient (Wildman–Crippen LogP) is 3.17. The summed E-state index contributed by atoms with van der Waals surface area (Å²) in [5, 5.41) is 0. The Balaban J connectivity index is 2.08. The number of aryl methyl sites for hydroxylation is 1. The minimum Gasteiger partial charge on any atom is -0.375 e. The third kappa shape index (κ3) is 2.64. The van der Waals surface area contributed by atoms with Gasteiger partial charge in [0, 0.05) is 12.3 Å².